The molecule has 2 nitrogen and oxygen atoms in total. The largest absolute Gasteiger partial charge is 0.489 e. The Bertz CT molecular complexity index is 506. The van der Waals surface area contributed by atoms with Crippen molar-refractivity contribution in [3.8, 4) is 16.9 Å². The van der Waals surface area contributed by atoms with Gasteiger partial charge in [0.15, 0.2) is 0 Å². The molecule has 1 N–H and O–H groups in total. The molecule has 0 saturated carbocycles. The zero-order valence-electron chi connectivity index (χ0n) is 11.4. The van der Waals surface area contributed by atoms with Crippen LogP contribution in [-0.4, -0.2) is 19.2 Å². The Hall–Kier alpha value is -1.51. The molecule has 0 radical (unpaired) electrons. The van der Waals surface area contributed by atoms with Crippen molar-refractivity contribution in [3.63, 3.8) is 0 Å². The zero-order valence-corrected chi connectivity index (χ0v) is 12.2. The van der Waals surface area contributed by atoms with E-state index in [1.165, 1.54) is 17.5 Å². The van der Waals surface area contributed by atoms with Crippen molar-refractivity contribution in [2.45, 2.75) is 18.9 Å². The van der Waals surface area contributed by atoms with Crippen molar-refractivity contribution in [2.75, 3.05) is 13.1 Å². The van der Waals surface area contributed by atoms with Gasteiger partial charge in [0.05, 0.1) is 0 Å². The molecule has 2 aromatic rings. The van der Waals surface area contributed by atoms with Crippen molar-refractivity contribution in [3.05, 3.63) is 54.6 Å². The summed E-state index contributed by atoms with van der Waals surface area (Å²) in [7, 11) is 0. The number of benzene rings is 2. The number of halogens is 1. The number of piperidine rings is 1. The van der Waals surface area contributed by atoms with Crippen molar-refractivity contribution >= 4 is 12.4 Å². The summed E-state index contributed by atoms with van der Waals surface area (Å²) < 4.78 is 5.98. The van der Waals surface area contributed by atoms with Crippen LogP contribution >= 0.6 is 12.4 Å². The average molecular weight is 290 g/mol. The molecule has 0 bridgehead atoms. The highest BCUT2D eigenvalue weighted by molar-refractivity contribution is 5.85. The van der Waals surface area contributed by atoms with E-state index in [2.05, 4.69) is 53.8 Å². The highest BCUT2D eigenvalue weighted by atomic mass is 35.5. The van der Waals surface area contributed by atoms with Crippen LogP contribution in [0.25, 0.3) is 11.1 Å². The maximum atomic E-state index is 5.98. The van der Waals surface area contributed by atoms with Gasteiger partial charge < -0.3 is 10.1 Å². The topological polar surface area (TPSA) is 21.3 Å². The maximum absolute atomic E-state index is 5.98. The third-order valence-corrected chi connectivity index (χ3v) is 3.52. The van der Waals surface area contributed by atoms with Crippen LogP contribution in [0.4, 0.5) is 0 Å². The van der Waals surface area contributed by atoms with Crippen LogP contribution < -0.4 is 10.1 Å². The quantitative estimate of drug-likeness (QED) is 0.925. The van der Waals surface area contributed by atoms with Crippen molar-refractivity contribution in [2.24, 2.45) is 0 Å². The summed E-state index contributed by atoms with van der Waals surface area (Å²) in [4.78, 5) is 0. The minimum atomic E-state index is 0. The minimum Gasteiger partial charge on any atom is -0.489 e. The van der Waals surface area contributed by atoms with Crippen LogP contribution in [0.3, 0.4) is 0 Å². The van der Waals surface area contributed by atoms with Crippen molar-refractivity contribution in [1.82, 2.24) is 5.32 Å². The highest BCUT2D eigenvalue weighted by Gasteiger charge is 2.14. The smallest absolute Gasteiger partial charge is 0.119 e. The van der Waals surface area contributed by atoms with E-state index < -0.39 is 0 Å². The Balaban J connectivity index is 0.00000147. The van der Waals surface area contributed by atoms with Gasteiger partial charge in [-0.25, -0.2) is 0 Å². The Morgan fingerprint density at radius 3 is 2.25 bits per heavy atom. The third-order valence-electron chi connectivity index (χ3n) is 3.52. The van der Waals surface area contributed by atoms with Crippen LogP contribution in [0.5, 0.6) is 5.75 Å². The predicted octanol–water partition coefficient (Wildman–Crippen LogP) is 3.91. The lowest BCUT2D eigenvalue weighted by Crippen LogP contribution is -2.37. The maximum Gasteiger partial charge on any atom is 0.119 e. The highest BCUT2D eigenvalue weighted by Crippen LogP contribution is 2.23. The van der Waals surface area contributed by atoms with E-state index in [9.17, 15) is 0 Å². The van der Waals surface area contributed by atoms with Gasteiger partial charge >= 0.3 is 0 Å². The second-order valence-corrected chi connectivity index (χ2v) is 4.98. The summed E-state index contributed by atoms with van der Waals surface area (Å²) in [6.07, 6.45) is 2.66. The van der Waals surface area contributed by atoms with Gasteiger partial charge in [0, 0.05) is 6.54 Å². The molecule has 0 aliphatic carbocycles. The van der Waals surface area contributed by atoms with E-state index in [-0.39, 0.29) is 12.4 Å². The lowest BCUT2D eigenvalue weighted by Gasteiger charge is -2.24. The molecule has 3 rings (SSSR count). The van der Waals surface area contributed by atoms with Gasteiger partial charge in [0.2, 0.25) is 0 Å². The van der Waals surface area contributed by atoms with Crippen LogP contribution in [0, 0.1) is 0 Å². The lowest BCUT2D eigenvalue weighted by atomic mass is 10.1. The molecule has 1 saturated heterocycles. The van der Waals surface area contributed by atoms with E-state index >= 15 is 0 Å². The molecule has 2 aromatic carbocycles. The lowest BCUT2D eigenvalue weighted by molar-refractivity contribution is 0.167. The van der Waals surface area contributed by atoms with E-state index in [4.69, 9.17) is 4.74 Å². The standard InChI is InChI=1S/C17H19NO.ClH/c1-2-5-14(6-3-1)15-8-10-16(11-9-15)19-17-7-4-12-18-13-17;/h1-3,5-6,8-11,17-18H,4,7,12-13H2;1H. The first kappa shape index (κ1) is 14.9. The molecule has 106 valence electrons. The predicted molar refractivity (Wildman–Crippen MR) is 85.6 cm³/mol. The molecule has 1 fully saturated rings. The van der Waals surface area contributed by atoms with E-state index in [1.54, 1.807) is 0 Å². The average Bonchev–Trinajstić information content (AvgIpc) is 2.50. The molecule has 1 atom stereocenters. The molecule has 0 amide bonds. The summed E-state index contributed by atoms with van der Waals surface area (Å²) >= 11 is 0. The van der Waals surface area contributed by atoms with Gasteiger partial charge in [-0.1, -0.05) is 42.5 Å². The number of ether oxygens (including phenoxy) is 1. The summed E-state index contributed by atoms with van der Waals surface area (Å²) in [5, 5.41) is 3.37. The van der Waals surface area contributed by atoms with Crippen molar-refractivity contribution in [1.29, 1.82) is 0 Å². The fraction of sp³-hybridized carbons (Fsp3) is 0.294. The first-order chi connectivity index (χ1) is 9.42. The summed E-state index contributed by atoms with van der Waals surface area (Å²) in [6.45, 7) is 2.08. The van der Waals surface area contributed by atoms with E-state index in [0.29, 0.717) is 6.10 Å². The molecule has 1 aliphatic heterocycles. The molecule has 3 heteroatoms. The third kappa shape index (κ3) is 3.75. The van der Waals surface area contributed by atoms with Crippen molar-refractivity contribution < 1.29 is 4.74 Å². The summed E-state index contributed by atoms with van der Waals surface area (Å²) in [6, 6.07) is 18.8. The SMILES string of the molecule is Cl.c1ccc(-c2ccc(OC3CCCNC3)cc2)cc1. The first-order valence-corrected chi connectivity index (χ1v) is 6.95. The number of nitrogens with one attached hydrogen (secondary N) is 1. The Morgan fingerprint density at radius 1 is 0.900 bits per heavy atom. The Labute approximate surface area is 126 Å². The van der Waals surface area contributed by atoms with Crippen LogP contribution in [0.15, 0.2) is 54.6 Å². The summed E-state index contributed by atoms with van der Waals surface area (Å²) in [5.74, 6) is 0.966. The van der Waals surface area contributed by atoms with E-state index in [0.717, 1.165) is 25.3 Å². The van der Waals surface area contributed by atoms with Gasteiger partial charge in [-0.05, 0) is 42.6 Å². The van der Waals surface area contributed by atoms with Gasteiger partial charge in [-0.15, -0.1) is 12.4 Å². The van der Waals surface area contributed by atoms with Crippen LogP contribution in [-0.2, 0) is 0 Å². The Morgan fingerprint density at radius 2 is 1.60 bits per heavy atom. The fourth-order valence-corrected chi connectivity index (χ4v) is 2.47. The molecule has 0 spiro atoms. The van der Waals surface area contributed by atoms with E-state index in [1.807, 2.05) is 6.07 Å². The second-order valence-electron chi connectivity index (χ2n) is 4.98. The first-order valence-electron chi connectivity index (χ1n) is 6.95. The molecule has 0 aromatic heterocycles. The number of rotatable bonds is 3. The molecular weight excluding hydrogens is 270 g/mol. The molecule has 1 aliphatic rings. The fourth-order valence-electron chi connectivity index (χ4n) is 2.47. The van der Waals surface area contributed by atoms with Gasteiger partial charge in [-0.2, -0.15) is 0 Å². The van der Waals surface area contributed by atoms with Crippen LogP contribution in [0.1, 0.15) is 12.8 Å². The molecule has 20 heavy (non-hydrogen) atoms. The normalized spacial score (nSPS) is 18.1. The minimum absolute atomic E-state index is 0. The number of hydrogen-bond acceptors (Lipinski definition) is 2. The summed E-state index contributed by atoms with van der Waals surface area (Å²) in [5.41, 5.74) is 2.48. The zero-order chi connectivity index (χ0) is 12.9. The van der Waals surface area contributed by atoms with Gasteiger partial charge in [0.1, 0.15) is 11.9 Å². The number of hydrogen-bond donors (Lipinski definition) is 1. The van der Waals surface area contributed by atoms with Crippen LogP contribution in [0.2, 0.25) is 0 Å². The molecule has 1 heterocycles. The second kappa shape index (κ2) is 7.32. The Kier molecular flexibility index (Phi) is 5.45. The molecule has 1 unspecified atom stereocenters. The van der Waals surface area contributed by atoms with Gasteiger partial charge in [0.25, 0.3) is 0 Å². The van der Waals surface area contributed by atoms with Gasteiger partial charge in [-0.3, -0.25) is 0 Å². The monoisotopic (exact) mass is 289 g/mol. The molecular formula is C17H20ClNO.